The Kier molecular flexibility index (Phi) is 5.06. The molecule has 0 unspecified atom stereocenters. The zero-order chi connectivity index (χ0) is 21.4. The van der Waals surface area contributed by atoms with E-state index in [0.717, 1.165) is 31.6 Å². The molecule has 1 amide bonds. The molecule has 0 atom stereocenters. The summed E-state index contributed by atoms with van der Waals surface area (Å²) >= 11 is 8.00. The number of nitrogens with zero attached hydrogens (tertiary/aromatic N) is 1. The van der Waals surface area contributed by atoms with Gasteiger partial charge in [-0.1, -0.05) is 54.1 Å². The number of amides is 1. The van der Waals surface area contributed by atoms with Crippen molar-refractivity contribution in [1.29, 1.82) is 0 Å². The number of carbonyl (C=O) groups excluding carboxylic acids is 1. The number of para-hydroxylation sites is 1. The lowest BCUT2D eigenvalue weighted by atomic mass is 10.1. The standard InChI is InChI=1S/C25H17ClN2O2S/c1-30-22-14-16-7-3-2-6-15(16)12-18(22)24(29)27-21-13-17(10-11-19(21)26)25-28-20-8-4-5-9-23(20)31-25/h2-14H,1H3,(H,27,29). The van der Waals surface area contributed by atoms with E-state index in [4.69, 9.17) is 21.3 Å². The fraction of sp³-hybridized carbons (Fsp3) is 0.0400. The zero-order valence-electron chi connectivity index (χ0n) is 16.6. The number of rotatable bonds is 4. The number of nitrogens with one attached hydrogen (secondary N) is 1. The molecule has 0 fully saturated rings. The van der Waals surface area contributed by atoms with Crippen molar-refractivity contribution in [3.05, 3.63) is 89.4 Å². The predicted molar refractivity (Wildman–Crippen MR) is 129 cm³/mol. The van der Waals surface area contributed by atoms with Crippen LogP contribution in [0.5, 0.6) is 5.75 Å². The third-order valence-corrected chi connectivity index (χ3v) is 6.48. The molecule has 152 valence electrons. The smallest absolute Gasteiger partial charge is 0.259 e. The molecule has 0 aliphatic carbocycles. The summed E-state index contributed by atoms with van der Waals surface area (Å²) < 4.78 is 6.58. The summed E-state index contributed by atoms with van der Waals surface area (Å²) in [5.74, 6) is 0.223. The van der Waals surface area contributed by atoms with Crippen LogP contribution >= 0.6 is 22.9 Å². The van der Waals surface area contributed by atoms with E-state index in [1.54, 1.807) is 24.5 Å². The van der Waals surface area contributed by atoms with Crippen molar-refractivity contribution < 1.29 is 9.53 Å². The van der Waals surface area contributed by atoms with Crippen LogP contribution in [0, 0.1) is 0 Å². The number of methoxy groups -OCH3 is 1. The van der Waals surface area contributed by atoms with Gasteiger partial charge in [-0.05, 0) is 47.2 Å². The molecule has 5 aromatic rings. The van der Waals surface area contributed by atoms with Crippen LogP contribution in [0.2, 0.25) is 5.02 Å². The van der Waals surface area contributed by atoms with Crippen LogP contribution in [0.25, 0.3) is 31.6 Å². The molecule has 1 aromatic heterocycles. The molecule has 5 rings (SSSR count). The second-order valence-corrected chi connectivity index (χ2v) is 8.47. The highest BCUT2D eigenvalue weighted by atomic mass is 35.5. The predicted octanol–water partition coefficient (Wildman–Crippen LogP) is 7.03. The number of ether oxygens (including phenoxy) is 1. The number of hydrogen-bond acceptors (Lipinski definition) is 4. The number of halogens is 1. The van der Waals surface area contributed by atoms with Crippen LogP contribution in [0.3, 0.4) is 0 Å². The van der Waals surface area contributed by atoms with Gasteiger partial charge in [0.2, 0.25) is 0 Å². The first-order chi connectivity index (χ1) is 15.1. The summed E-state index contributed by atoms with van der Waals surface area (Å²) in [7, 11) is 1.56. The molecule has 4 aromatic carbocycles. The van der Waals surface area contributed by atoms with Crippen LogP contribution < -0.4 is 10.1 Å². The van der Waals surface area contributed by atoms with Crippen molar-refractivity contribution in [2.24, 2.45) is 0 Å². The van der Waals surface area contributed by atoms with Crippen LogP contribution in [0.1, 0.15) is 10.4 Å². The van der Waals surface area contributed by atoms with Crippen molar-refractivity contribution in [1.82, 2.24) is 4.98 Å². The van der Waals surface area contributed by atoms with Gasteiger partial charge in [0.1, 0.15) is 10.8 Å². The van der Waals surface area contributed by atoms with E-state index in [1.807, 2.05) is 72.8 Å². The normalized spacial score (nSPS) is 11.0. The van der Waals surface area contributed by atoms with E-state index in [1.165, 1.54) is 0 Å². The monoisotopic (exact) mass is 444 g/mol. The van der Waals surface area contributed by atoms with Gasteiger partial charge in [0, 0.05) is 5.56 Å². The van der Waals surface area contributed by atoms with Gasteiger partial charge < -0.3 is 10.1 Å². The van der Waals surface area contributed by atoms with Crippen molar-refractivity contribution in [2.75, 3.05) is 12.4 Å². The largest absolute Gasteiger partial charge is 0.496 e. The summed E-state index contributed by atoms with van der Waals surface area (Å²) in [5, 5.41) is 6.23. The highest BCUT2D eigenvalue weighted by molar-refractivity contribution is 7.21. The van der Waals surface area contributed by atoms with Gasteiger partial charge in [-0.2, -0.15) is 0 Å². The van der Waals surface area contributed by atoms with Gasteiger partial charge in [-0.25, -0.2) is 4.98 Å². The summed E-state index contributed by atoms with van der Waals surface area (Å²) in [6, 6.07) is 25.1. The second-order valence-electron chi connectivity index (χ2n) is 7.04. The lowest BCUT2D eigenvalue weighted by Gasteiger charge is -2.12. The number of fused-ring (bicyclic) bond motifs is 2. The van der Waals surface area contributed by atoms with E-state index in [2.05, 4.69) is 5.32 Å². The summed E-state index contributed by atoms with van der Waals surface area (Å²) in [6.45, 7) is 0. The van der Waals surface area contributed by atoms with Crippen molar-refractivity contribution in [2.45, 2.75) is 0 Å². The molecule has 1 N–H and O–H groups in total. The van der Waals surface area contributed by atoms with E-state index >= 15 is 0 Å². The molecule has 0 aliphatic heterocycles. The number of benzene rings is 4. The highest BCUT2D eigenvalue weighted by Crippen LogP contribution is 2.34. The molecule has 1 heterocycles. The van der Waals surface area contributed by atoms with Gasteiger partial charge in [0.15, 0.2) is 0 Å². The maximum absolute atomic E-state index is 13.1. The minimum Gasteiger partial charge on any atom is -0.496 e. The van der Waals surface area contributed by atoms with Gasteiger partial charge in [0.25, 0.3) is 5.91 Å². The molecule has 0 radical (unpaired) electrons. The van der Waals surface area contributed by atoms with Crippen LogP contribution in [-0.2, 0) is 0 Å². The SMILES string of the molecule is COc1cc2ccccc2cc1C(=O)Nc1cc(-c2nc3ccccc3s2)ccc1Cl. The Morgan fingerprint density at radius 2 is 1.71 bits per heavy atom. The Labute approximate surface area is 188 Å². The summed E-state index contributed by atoms with van der Waals surface area (Å²) in [5.41, 5.74) is 2.82. The first-order valence-electron chi connectivity index (χ1n) is 9.66. The van der Waals surface area contributed by atoms with Gasteiger partial charge in [-0.15, -0.1) is 11.3 Å². The van der Waals surface area contributed by atoms with Crippen molar-refractivity contribution in [3.63, 3.8) is 0 Å². The topological polar surface area (TPSA) is 51.2 Å². The summed E-state index contributed by atoms with van der Waals surface area (Å²) in [4.78, 5) is 17.8. The summed E-state index contributed by atoms with van der Waals surface area (Å²) in [6.07, 6.45) is 0. The third-order valence-electron chi connectivity index (χ3n) is 5.07. The molecule has 0 saturated carbocycles. The molecule has 0 bridgehead atoms. The van der Waals surface area contributed by atoms with E-state index in [0.29, 0.717) is 22.0 Å². The van der Waals surface area contributed by atoms with E-state index < -0.39 is 0 Å². The highest BCUT2D eigenvalue weighted by Gasteiger charge is 2.16. The molecular weight excluding hydrogens is 428 g/mol. The molecule has 31 heavy (non-hydrogen) atoms. The number of aromatic nitrogens is 1. The van der Waals surface area contributed by atoms with E-state index in [-0.39, 0.29) is 5.91 Å². The Hall–Kier alpha value is -3.41. The van der Waals surface area contributed by atoms with Crippen LogP contribution in [0.4, 0.5) is 5.69 Å². The number of thiazole rings is 1. The first-order valence-corrected chi connectivity index (χ1v) is 10.9. The minimum absolute atomic E-state index is 0.286. The first kappa shape index (κ1) is 19.5. The molecule has 0 saturated heterocycles. The quantitative estimate of drug-likeness (QED) is 0.323. The number of carbonyl (C=O) groups is 1. The Bertz CT molecular complexity index is 1410. The Balaban J connectivity index is 1.50. The third kappa shape index (κ3) is 3.74. The zero-order valence-corrected chi connectivity index (χ0v) is 18.1. The van der Waals surface area contributed by atoms with E-state index in [9.17, 15) is 4.79 Å². The molecule has 4 nitrogen and oxygen atoms in total. The lowest BCUT2D eigenvalue weighted by molar-refractivity contribution is 0.102. The minimum atomic E-state index is -0.286. The molecular formula is C25H17ClN2O2S. The Morgan fingerprint density at radius 3 is 2.48 bits per heavy atom. The lowest BCUT2D eigenvalue weighted by Crippen LogP contribution is -2.13. The second kappa shape index (κ2) is 8.02. The maximum atomic E-state index is 13.1. The van der Waals surface area contributed by atoms with Gasteiger partial charge in [-0.3, -0.25) is 4.79 Å². The van der Waals surface area contributed by atoms with Crippen molar-refractivity contribution in [3.8, 4) is 16.3 Å². The Morgan fingerprint density at radius 1 is 0.968 bits per heavy atom. The van der Waals surface area contributed by atoms with Crippen molar-refractivity contribution >= 4 is 55.5 Å². The maximum Gasteiger partial charge on any atom is 0.259 e. The van der Waals surface area contributed by atoms with Gasteiger partial charge in [0.05, 0.1) is 33.6 Å². The molecule has 0 aliphatic rings. The average molecular weight is 445 g/mol. The number of hydrogen-bond donors (Lipinski definition) is 1. The number of anilines is 1. The fourth-order valence-electron chi connectivity index (χ4n) is 3.51. The van der Waals surface area contributed by atoms with Crippen LogP contribution in [0.15, 0.2) is 78.9 Å². The van der Waals surface area contributed by atoms with Gasteiger partial charge >= 0.3 is 0 Å². The fourth-order valence-corrected chi connectivity index (χ4v) is 4.63. The average Bonchev–Trinajstić information content (AvgIpc) is 3.24. The molecule has 6 heteroatoms. The molecule has 0 spiro atoms. The van der Waals surface area contributed by atoms with Crippen LogP contribution in [-0.4, -0.2) is 18.0 Å².